The first-order chi connectivity index (χ1) is 13.2. The van der Waals surface area contributed by atoms with E-state index in [2.05, 4.69) is 9.98 Å². The standard InChI is InChI=1S/C19H16N2O2.ClHO4/c1-3-20-13-10-17-19(18-12(13)5-4-6-15(18)22)21-14-9-11(2)7-8-16(14)23-17;2-1(3,4)5/h4-10,21H,3H2,1-2H3;(H,2,3,4,5). The molecule has 0 radical (unpaired) electrons. The molecular weight excluding hydrogens is 388 g/mol. The van der Waals surface area contributed by atoms with E-state index in [1.54, 1.807) is 12.1 Å². The van der Waals surface area contributed by atoms with Crippen molar-refractivity contribution in [2.75, 3.05) is 6.54 Å². The lowest BCUT2D eigenvalue weighted by atomic mass is 9.97. The zero-order chi connectivity index (χ0) is 20.5. The second-order valence-corrected chi connectivity index (χ2v) is 6.84. The number of aromatic amines is 1. The van der Waals surface area contributed by atoms with Crippen LogP contribution in [0.2, 0.25) is 0 Å². The third-order valence-electron chi connectivity index (χ3n) is 4.01. The van der Waals surface area contributed by atoms with Crippen LogP contribution in [0.1, 0.15) is 12.5 Å². The van der Waals surface area contributed by atoms with Gasteiger partial charge in [-0.25, -0.2) is 0 Å². The van der Waals surface area contributed by atoms with Gasteiger partial charge in [-0.15, -0.1) is 0 Å². The molecule has 2 N–H and O–H groups in total. The van der Waals surface area contributed by atoms with Crippen LogP contribution in [0.5, 0.6) is 0 Å². The van der Waals surface area contributed by atoms with Gasteiger partial charge < -0.3 is 9.40 Å². The number of rotatable bonds is 1. The highest BCUT2D eigenvalue weighted by molar-refractivity contribution is 5.85. The fourth-order valence-corrected chi connectivity index (χ4v) is 2.99. The summed E-state index contributed by atoms with van der Waals surface area (Å²) in [4.78, 5) is 20.3. The maximum absolute atomic E-state index is 12.4. The quantitative estimate of drug-likeness (QED) is 0.321. The van der Waals surface area contributed by atoms with Gasteiger partial charge in [0, 0.05) is 18.2 Å². The zero-order valence-corrected chi connectivity index (χ0v) is 15.8. The number of fused-ring (bicyclic) bond motifs is 4. The molecule has 0 atom stereocenters. The van der Waals surface area contributed by atoms with Crippen LogP contribution < -0.4 is 24.8 Å². The maximum Gasteiger partial charge on any atom is 0.188 e. The van der Waals surface area contributed by atoms with Crippen molar-refractivity contribution in [2.45, 2.75) is 13.8 Å². The van der Waals surface area contributed by atoms with Crippen molar-refractivity contribution in [3.63, 3.8) is 0 Å². The van der Waals surface area contributed by atoms with Gasteiger partial charge in [-0.1, -0.05) is 18.2 Å². The van der Waals surface area contributed by atoms with Crippen LogP contribution in [-0.2, 0) is 0 Å². The van der Waals surface area contributed by atoms with Crippen LogP contribution in [-0.4, -0.2) is 16.2 Å². The Morgan fingerprint density at radius 3 is 2.57 bits per heavy atom. The average Bonchev–Trinajstić information content (AvgIpc) is 2.59. The number of aromatic nitrogens is 1. The van der Waals surface area contributed by atoms with Gasteiger partial charge in [-0.3, -0.25) is 9.79 Å². The van der Waals surface area contributed by atoms with E-state index in [1.807, 2.05) is 44.2 Å². The van der Waals surface area contributed by atoms with Crippen molar-refractivity contribution >= 4 is 11.1 Å². The molecule has 28 heavy (non-hydrogen) atoms. The van der Waals surface area contributed by atoms with Crippen molar-refractivity contribution < 1.29 is 33.3 Å². The molecule has 0 fully saturated rings. The summed E-state index contributed by atoms with van der Waals surface area (Å²) in [6, 6.07) is 13.1. The highest BCUT2D eigenvalue weighted by atomic mass is 35.7. The van der Waals surface area contributed by atoms with E-state index in [-0.39, 0.29) is 5.43 Å². The van der Waals surface area contributed by atoms with Crippen molar-refractivity contribution in [1.82, 2.24) is 4.98 Å². The number of hydrogen-bond donors (Lipinski definition) is 2. The largest absolute Gasteiger partial charge is 0.453 e. The molecule has 4 rings (SSSR count). The van der Waals surface area contributed by atoms with E-state index >= 15 is 0 Å². The summed E-state index contributed by atoms with van der Waals surface area (Å²) in [6.07, 6.45) is 0. The van der Waals surface area contributed by atoms with Gasteiger partial charge in [0.15, 0.2) is 16.8 Å². The number of nitrogens with zero attached hydrogens (tertiary/aromatic N) is 1. The minimum absolute atomic E-state index is 0.0286. The number of benzene rings is 3. The lowest BCUT2D eigenvalue weighted by molar-refractivity contribution is -1.92. The highest BCUT2D eigenvalue weighted by Gasteiger charge is 2.20. The minimum Gasteiger partial charge on any atom is -0.453 e. The van der Waals surface area contributed by atoms with Crippen LogP contribution >= 0.6 is 0 Å². The van der Waals surface area contributed by atoms with Gasteiger partial charge in [0.1, 0.15) is 0 Å². The summed E-state index contributed by atoms with van der Waals surface area (Å²) in [5.41, 5.74) is 4.94. The Bertz CT molecular complexity index is 1190. The zero-order valence-electron chi connectivity index (χ0n) is 15.1. The maximum atomic E-state index is 12.4. The Balaban J connectivity index is 0.000000403. The molecule has 0 amide bonds. The average molecular weight is 405 g/mol. The summed E-state index contributed by atoms with van der Waals surface area (Å²) >= 11 is 0. The van der Waals surface area contributed by atoms with Crippen molar-refractivity contribution in [3.8, 4) is 22.6 Å². The first-order valence-corrected chi connectivity index (χ1v) is 9.56. The first-order valence-electron chi connectivity index (χ1n) is 8.30. The molecule has 0 saturated heterocycles. The predicted molar refractivity (Wildman–Crippen MR) is 93.1 cm³/mol. The summed E-state index contributed by atoms with van der Waals surface area (Å²) in [5.74, 6) is 0.643. The molecule has 0 aromatic heterocycles. The summed E-state index contributed by atoms with van der Waals surface area (Å²) in [7, 11) is -4.69. The minimum atomic E-state index is -4.69. The third-order valence-corrected chi connectivity index (χ3v) is 4.01. The Labute approximate surface area is 161 Å². The number of H-pyrrole nitrogens is 1. The van der Waals surface area contributed by atoms with E-state index in [9.17, 15) is 4.79 Å². The molecule has 0 saturated carbocycles. The second-order valence-electron chi connectivity index (χ2n) is 6.04. The van der Waals surface area contributed by atoms with Gasteiger partial charge in [-0.2, -0.15) is 14.0 Å². The molecule has 1 heterocycles. The molecule has 0 spiro atoms. The molecule has 0 bridgehead atoms. The van der Waals surface area contributed by atoms with Crippen LogP contribution in [0.3, 0.4) is 0 Å². The van der Waals surface area contributed by atoms with E-state index in [0.717, 1.165) is 33.3 Å². The van der Waals surface area contributed by atoms with E-state index in [1.165, 1.54) is 0 Å². The Hall–Kier alpha value is -2.75. The summed E-state index contributed by atoms with van der Waals surface area (Å²) in [6.45, 7) is 4.65. The smallest absolute Gasteiger partial charge is 0.188 e. The van der Waals surface area contributed by atoms with Crippen LogP contribution in [0.15, 0.2) is 56.7 Å². The normalized spacial score (nSPS) is 12.4. The van der Waals surface area contributed by atoms with E-state index in [0.29, 0.717) is 17.9 Å². The highest BCUT2D eigenvalue weighted by Crippen LogP contribution is 2.31. The molecule has 8 nitrogen and oxygen atoms in total. The van der Waals surface area contributed by atoms with E-state index in [4.69, 9.17) is 23.1 Å². The van der Waals surface area contributed by atoms with Crippen molar-refractivity contribution in [2.24, 2.45) is 4.99 Å². The van der Waals surface area contributed by atoms with E-state index < -0.39 is 10.2 Å². The number of nitrogens with one attached hydrogen (secondary N) is 1. The van der Waals surface area contributed by atoms with Gasteiger partial charge in [0.2, 0.25) is 0 Å². The molecule has 146 valence electrons. The van der Waals surface area contributed by atoms with Crippen LogP contribution in [0, 0.1) is 17.2 Å². The first kappa shape index (κ1) is 20.0. The molecule has 1 aliphatic heterocycles. The lowest BCUT2D eigenvalue weighted by Gasteiger charge is -2.15. The number of halogens is 1. The third kappa shape index (κ3) is 4.38. The van der Waals surface area contributed by atoms with Gasteiger partial charge in [0.25, 0.3) is 0 Å². The SMILES string of the molecule is CCN=c1cc2oc3ccc(C)cc3[nH]c-2c2c(=O)cccc1-2.[O-][Cl+3]([O-])([O-])O. The fourth-order valence-electron chi connectivity index (χ4n) is 2.99. The van der Waals surface area contributed by atoms with Crippen LogP contribution in [0.25, 0.3) is 33.7 Å². The Morgan fingerprint density at radius 1 is 1.18 bits per heavy atom. The second kappa shape index (κ2) is 7.70. The molecule has 3 aliphatic rings. The molecule has 2 aliphatic carbocycles. The molecular formula is C19H17ClN2O6. The monoisotopic (exact) mass is 404 g/mol. The molecule has 1 aromatic rings. The van der Waals surface area contributed by atoms with Gasteiger partial charge in [-0.05, 0) is 37.6 Å². The lowest BCUT2D eigenvalue weighted by Crippen LogP contribution is -2.58. The van der Waals surface area contributed by atoms with Crippen LogP contribution in [0.4, 0.5) is 0 Å². The fraction of sp³-hybridized carbons (Fsp3) is 0.158. The van der Waals surface area contributed by atoms with Gasteiger partial charge in [0.05, 0.1) is 37.0 Å². The predicted octanol–water partition coefficient (Wildman–Crippen LogP) is -0.564. The van der Waals surface area contributed by atoms with Gasteiger partial charge >= 0.3 is 0 Å². The Morgan fingerprint density at radius 2 is 1.89 bits per heavy atom. The summed E-state index contributed by atoms with van der Waals surface area (Å²) < 4.78 is 38.7. The Kier molecular flexibility index (Phi) is 5.50. The topological polar surface area (TPSA) is 148 Å². The van der Waals surface area contributed by atoms with Crippen molar-refractivity contribution in [3.05, 3.63) is 63.6 Å². The molecule has 0 unspecified atom stereocenters. The summed E-state index contributed by atoms with van der Waals surface area (Å²) in [5, 5.41) is 0.788. The van der Waals surface area contributed by atoms with Crippen molar-refractivity contribution in [1.29, 1.82) is 0 Å². The number of aryl methyl sites for hydroxylation is 1. The number of hydrogen-bond acceptors (Lipinski definition) is 7. The molecule has 1 aromatic carbocycles. The molecule has 9 heteroatoms.